The lowest BCUT2D eigenvalue weighted by Crippen LogP contribution is -2.47. The van der Waals surface area contributed by atoms with Crippen molar-refractivity contribution in [2.24, 2.45) is 0 Å². The van der Waals surface area contributed by atoms with Crippen molar-refractivity contribution in [1.29, 1.82) is 0 Å². The normalized spacial score (nSPS) is 18.3. The van der Waals surface area contributed by atoms with E-state index in [0.717, 1.165) is 63.5 Å². The van der Waals surface area contributed by atoms with Gasteiger partial charge in [-0.25, -0.2) is 9.78 Å². The summed E-state index contributed by atoms with van der Waals surface area (Å²) in [4.78, 5) is 46.2. The maximum absolute atomic E-state index is 12.8. The Morgan fingerprint density at radius 3 is 2.00 bits per heavy atom. The van der Waals surface area contributed by atoms with E-state index in [2.05, 4.69) is 27.5 Å². The molecule has 226 valence electrons. The van der Waals surface area contributed by atoms with E-state index in [9.17, 15) is 9.59 Å². The number of carbonyl (C=O) groups excluding carboxylic acids is 2. The van der Waals surface area contributed by atoms with Gasteiger partial charge in [-0.3, -0.25) is 4.79 Å². The summed E-state index contributed by atoms with van der Waals surface area (Å²) in [6, 6.07) is 14.1. The van der Waals surface area contributed by atoms with E-state index in [1.54, 1.807) is 24.3 Å². The molecule has 43 heavy (non-hydrogen) atoms. The van der Waals surface area contributed by atoms with Crippen LogP contribution in [0.2, 0.25) is 0 Å². The molecular formula is C31H38N8O4. The van der Waals surface area contributed by atoms with Crippen LogP contribution in [0.3, 0.4) is 0 Å². The van der Waals surface area contributed by atoms with Gasteiger partial charge in [0.05, 0.1) is 13.2 Å². The van der Waals surface area contributed by atoms with Crippen molar-refractivity contribution in [1.82, 2.24) is 24.8 Å². The topological polar surface area (TPSA) is 125 Å². The van der Waals surface area contributed by atoms with Crippen LogP contribution >= 0.6 is 0 Å². The van der Waals surface area contributed by atoms with Gasteiger partial charge < -0.3 is 34.8 Å². The molecule has 4 heterocycles. The number of hydrogen-bond acceptors (Lipinski definition) is 9. The SMILES string of the molecule is CN1CCN(C(=O)c2ccc(NC(=O)Nc3ccc(-c4nc(C5CCOCC5)nc(N5CCOCC5)n4)cc3)cc2)CC1. The fourth-order valence-electron chi connectivity index (χ4n) is 5.44. The summed E-state index contributed by atoms with van der Waals surface area (Å²) in [5.41, 5.74) is 2.69. The van der Waals surface area contributed by atoms with Gasteiger partial charge in [-0.05, 0) is 68.4 Å². The molecule has 0 unspecified atom stereocenters. The molecule has 3 fully saturated rings. The smallest absolute Gasteiger partial charge is 0.323 e. The predicted octanol–water partition coefficient (Wildman–Crippen LogP) is 3.30. The molecule has 1 aromatic heterocycles. The minimum absolute atomic E-state index is 0.0133. The van der Waals surface area contributed by atoms with Gasteiger partial charge in [-0.15, -0.1) is 0 Å². The van der Waals surface area contributed by atoms with Gasteiger partial charge >= 0.3 is 6.03 Å². The third kappa shape index (κ3) is 7.27. The van der Waals surface area contributed by atoms with Crippen LogP contribution in [0.15, 0.2) is 48.5 Å². The maximum Gasteiger partial charge on any atom is 0.323 e. The Labute approximate surface area is 251 Å². The van der Waals surface area contributed by atoms with E-state index in [1.807, 2.05) is 29.2 Å². The lowest BCUT2D eigenvalue weighted by Gasteiger charge is -2.32. The number of urea groups is 1. The molecule has 0 atom stereocenters. The highest BCUT2D eigenvalue weighted by Gasteiger charge is 2.24. The number of likely N-dealkylation sites (N-methyl/N-ethyl adjacent to an activating group) is 1. The number of morpholine rings is 1. The van der Waals surface area contributed by atoms with Crippen molar-refractivity contribution in [3.05, 3.63) is 59.9 Å². The molecule has 0 saturated carbocycles. The van der Waals surface area contributed by atoms with E-state index in [4.69, 9.17) is 24.4 Å². The molecule has 3 amide bonds. The number of aromatic nitrogens is 3. The Bertz CT molecular complexity index is 1360. The van der Waals surface area contributed by atoms with Gasteiger partial charge in [-0.2, -0.15) is 9.97 Å². The van der Waals surface area contributed by atoms with Gasteiger partial charge in [0, 0.05) is 80.9 Å². The number of ether oxygens (including phenoxy) is 2. The standard InChI is InChI=1S/C31H38N8O4/c1-37-12-14-38(15-13-37)29(40)24-4-8-26(9-5-24)33-31(41)32-25-6-2-22(3-7-25)27-34-28(23-10-18-42-19-11-23)36-30(35-27)39-16-20-43-21-17-39/h2-9,23H,10-21H2,1H3,(H2,32,33,41). The summed E-state index contributed by atoms with van der Waals surface area (Å²) in [6.07, 6.45) is 1.78. The third-order valence-electron chi connectivity index (χ3n) is 8.10. The molecule has 3 aliphatic rings. The van der Waals surface area contributed by atoms with Gasteiger partial charge in [-0.1, -0.05) is 0 Å². The third-order valence-corrected chi connectivity index (χ3v) is 8.10. The average molecular weight is 587 g/mol. The number of piperazine rings is 1. The van der Waals surface area contributed by atoms with Gasteiger partial charge in [0.15, 0.2) is 5.82 Å². The van der Waals surface area contributed by atoms with Gasteiger partial charge in [0.2, 0.25) is 5.95 Å². The first-order valence-electron chi connectivity index (χ1n) is 14.9. The molecule has 3 aromatic rings. The van der Waals surface area contributed by atoms with Crippen LogP contribution in [-0.2, 0) is 9.47 Å². The number of hydrogen-bond donors (Lipinski definition) is 2. The molecule has 3 saturated heterocycles. The molecular weight excluding hydrogens is 548 g/mol. The molecule has 3 aliphatic heterocycles. The van der Waals surface area contributed by atoms with Crippen molar-refractivity contribution < 1.29 is 19.1 Å². The van der Waals surface area contributed by atoms with Crippen LogP contribution in [0.4, 0.5) is 22.1 Å². The first-order valence-corrected chi connectivity index (χ1v) is 14.9. The second kappa shape index (κ2) is 13.4. The van der Waals surface area contributed by atoms with Crippen LogP contribution in [0.1, 0.15) is 34.9 Å². The zero-order chi connectivity index (χ0) is 29.6. The highest BCUT2D eigenvalue weighted by molar-refractivity contribution is 6.00. The first-order chi connectivity index (χ1) is 21.0. The number of benzene rings is 2. The average Bonchev–Trinajstić information content (AvgIpc) is 3.06. The fraction of sp³-hybridized carbons (Fsp3) is 0.452. The summed E-state index contributed by atoms with van der Waals surface area (Å²) in [6.45, 7) is 7.37. The van der Waals surface area contributed by atoms with E-state index >= 15 is 0 Å². The second-order valence-electron chi connectivity index (χ2n) is 11.1. The van der Waals surface area contributed by atoms with Crippen LogP contribution in [0, 0.1) is 0 Å². The molecule has 0 spiro atoms. The molecule has 0 bridgehead atoms. The molecule has 12 nitrogen and oxygen atoms in total. The number of anilines is 3. The van der Waals surface area contributed by atoms with Gasteiger partial charge in [0.25, 0.3) is 5.91 Å². The lowest BCUT2D eigenvalue weighted by molar-refractivity contribution is 0.0664. The fourth-order valence-corrected chi connectivity index (χ4v) is 5.44. The van der Waals surface area contributed by atoms with Crippen LogP contribution < -0.4 is 15.5 Å². The van der Waals surface area contributed by atoms with E-state index < -0.39 is 0 Å². The number of amides is 3. The highest BCUT2D eigenvalue weighted by Crippen LogP contribution is 2.28. The first kappa shape index (κ1) is 29.0. The van der Waals surface area contributed by atoms with E-state index in [-0.39, 0.29) is 17.9 Å². The highest BCUT2D eigenvalue weighted by atomic mass is 16.5. The minimum Gasteiger partial charge on any atom is -0.381 e. The van der Waals surface area contributed by atoms with Crippen molar-refractivity contribution in [2.45, 2.75) is 18.8 Å². The largest absolute Gasteiger partial charge is 0.381 e. The predicted molar refractivity (Wildman–Crippen MR) is 164 cm³/mol. The number of nitrogens with zero attached hydrogens (tertiary/aromatic N) is 6. The van der Waals surface area contributed by atoms with Crippen molar-refractivity contribution in [3.8, 4) is 11.4 Å². The number of nitrogens with one attached hydrogen (secondary N) is 2. The Morgan fingerprint density at radius 2 is 1.35 bits per heavy atom. The molecule has 0 radical (unpaired) electrons. The van der Waals surface area contributed by atoms with Crippen molar-refractivity contribution >= 4 is 29.3 Å². The Hall–Kier alpha value is -4.13. The molecule has 2 aromatic carbocycles. The van der Waals surface area contributed by atoms with Crippen molar-refractivity contribution in [3.63, 3.8) is 0 Å². The van der Waals surface area contributed by atoms with Crippen LogP contribution in [0.25, 0.3) is 11.4 Å². The quantitative estimate of drug-likeness (QED) is 0.448. The summed E-state index contributed by atoms with van der Waals surface area (Å²) in [5.74, 6) is 2.33. The van der Waals surface area contributed by atoms with Crippen LogP contribution in [-0.4, -0.2) is 109 Å². The molecule has 12 heteroatoms. The Morgan fingerprint density at radius 1 is 0.744 bits per heavy atom. The van der Waals surface area contributed by atoms with E-state index in [0.29, 0.717) is 55.1 Å². The maximum atomic E-state index is 12.8. The number of carbonyl (C=O) groups is 2. The summed E-state index contributed by atoms with van der Waals surface area (Å²) >= 11 is 0. The second-order valence-corrected chi connectivity index (χ2v) is 11.1. The summed E-state index contributed by atoms with van der Waals surface area (Å²) in [5, 5.41) is 5.70. The zero-order valence-electron chi connectivity index (χ0n) is 24.5. The minimum atomic E-state index is -0.373. The summed E-state index contributed by atoms with van der Waals surface area (Å²) in [7, 11) is 2.06. The van der Waals surface area contributed by atoms with Crippen molar-refractivity contribution in [2.75, 3.05) is 88.3 Å². The molecule has 0 aliphatic carbocycles. The Balaban J connectivity index is 1.10. The molecule has 6 rings (SSSR count). The zero-order valence-corrected chi connectivity index (χ0v) is 24.5. The molecule has 2 N–H and O–H groups in total. The summed E-state index contributed by atoms with van der Waals surface area (Å²) < 4.78 is 11.1. The number of rotatable bonds is 6. The van der Waals surface area contributed by atoms with E-state index in [1.165, 1.54) is 0 Å². The monoisotopic (exact) mass is 586 g/mol. The van der Waals surface area contributed by atoms with Crippen LogP contribution in [0.5, 0.6) is 0 Å². The lowest BCUT2D eigenvalue weighted by atomic mass is 9.99. The Kier molecular flexibility index (Phi) is 9.06. The van der Waals surface area contributed by atoms with Gasteiger partial charge in [0.1, 0.15) is 5.82 Å².